The van der Waals surface area contributed by atoms with Gasteiger partial charge in [0.05, 0.1) is 18.5 Å². The highest BCUT2D eigenvalue weighted by Gasteiger charge is 2.33. The van der Waals surface area contributed by atoms with Gasteiger partial charge in [0.1, 0.15) is 11.8 Å². The number of hydrogen-bond donors (Lipinski definition) is 2. The number of nitrogens with zero attached hydrogens (tertiary/aromatic N) is 1. The van der Waals surface area contributed by atoms with Crippen LogP contribution in [0.1, 0.15) is 39.5 Å². The zero-order chi connectivity index (χ0) is 18.4. The normalized spacial score (nSPS) is 16.4. The van der Waals surface area contributed by atoms with Gasteiger partial charge >= 0.3 is 0 Å². The molecule has 1 saturated heterocycles. The van der Waals surface area contributed by atoms with E-state index in [2.05, 4.69) is 10.6 Å². The third-order valence-electron chi connectivity index (χ3n) is 4.26. The highest BCUT2D eigenvalue weighted by atomic mass is 16.5. The lowest BCUT2D eigenvalue weighted by Crippen LogP contribution is -2.43. The Morgan fingerprint density at radius 1 is 1.16 bits per heavy atom. The van der Waals surface area contributed by atoms with Gasteiger partial charge in [0.2, 0.25) is 17.7 Å². The minimum Gasteiger partial charge on any atom is -0.497 e. The molecule has 1 heterocycles. The molecule has 7 heteroatoms. The molecule has 25 heavy (non-hydrogen) atoms. The third kappa shape index (κ3) is 4.49. The molecule has 1 fully saturated rings. The molecule has 0 aliphatic carbocycles. The molecule has 3 amide bonds. The molecule has 1 aromatic carbocycles. The second-order valence-electron chi connectivity index (χ2n) is 5.90. The van der Waals surface area contributed by atoms with Crippen LogP contribution in [0.25, 0.3) is 0 Å². The number of anilines is 2. The van der Waals surface area contributed by atoms with Crippen LogP contribution in [0.3, 0.4) is 0 Å². The number of benzene rings is 1. The second-order valence-corrected chi connectivity index (χ2v) is 5.90. The summed E-state index contributed by atoms with van der Waals surface area (Å²) in [5.74, 6) is 0.143. The number of ether oxygens (including phenoxy) is 1. The number of rotatable bonds is 6. The Bertz CT molecular complexity index is 660. The average Bonchev–Trinajstić information content (AvgIpc) is 3.12. The quantitative estimate of drug-likeness (QED) is 0.827. The minimum absolute atomic E-state index is 0.0252. The summed E-state index contributed by atoms with van der Waals surface area (Å²) >= 11 is 0. The SMILES string of the molecule is CCC(=O)Nc1ccc(OC)cc1NC(=O)[C@@H]1CCCN1C(=O)CC. The van der Waals surface area contributed by atoms with E-state index in [9.17, 15) is 14.4 Å². The van der Waals surface area contributed by atoms with Crippen molar-refractivity contribution < 1.29 is 19.1 Å². The van der Waals surface area contributed by atoms with E-state index in [0.29, 0.717) is 42.9 Å². The Morgan fingerprint density at radius 3 is 2.56 bits per heavy atom. The van der Waals surface area contributed by atoms with Crippen molar-refractivity contribution in [2.24, 2.45) is 0 Å². The Morgan fingerprint density at radius 2 is 1.92 bits per heavy atom. The number of hydrogen-bond acceptors (Lipinski definition) is 4. The van der Waals surface area contributed by atoms with Gasteiger partial charge in [0.25, 0.3) is 0 Å². The van der Waals surface area contributed by atoms with Gasteiger partial charge < -0.3 is 20.3 Å². The predicted molar refractivity (Wildman–Crippen MR) is 95.6 cm³/mol. The molecule has 0 aromatic heterocycles. The molecule has 1 aliphatic heterocycles. The van der Waals surface area contributed by atoms with Crippen molar-refractivity contribution in [2.75, 3.05) is 24.3 Å². The first-order chi connectivity index (χ1) is 12.0. The van der Waals surface area contributed by atoms with Gasteiger partial charge in [0, 0.05) is 25.5 Å². The third-order valence-corrected chi connectivity index (χ3v) is 4.26. The summed E-state index contributed by atoms with van der Waals surface area (Å²) in [7, 11) is 1.53. The summed E-state index contributed by atoms with van der Waals surface area (Å²) < 4.78 is 5.20. The maximum atomic E-state index is 12.7. The van der Waals surface area contributed by atoms with Crippen LogP contribution in [0.15, 0.2) is 18.2 Å². The summed E-state index contributed by atoms with van der Waals surface area (Å²) in [6, 6.07) is 4.58. The molecule has 136 valence electrons. The minimum atomic E-state index is -0.478. The van der Waals surface area contributed by atoms with Crippen molar-refractivity contribution in [1.29, 1.82) is 0 Å². The topological polar surface area (TPSA) is 87.7 Å². The molecular formula is C18H25N3O4. The lowest BCUT2D eigenvalue weighted by Gasteiger charge is -2.24. The van der Waals surface area contributed by atoms with Crippen molar-refractivity contribution in [2.45, 2.75) is 45.6 Å². The Hall–Kier alpha value is -2.57. The molecule has 1 atom stereocenters. The first-order valence-corrected chi connectivity index (χ1v) is 8.58. The van der Waals surface area contributed by atoms with E-state index < -0.39 is 6.04 Å². The highest BCUT2D eigenvalue weighted by molar-refractivity contribution is 6.02. The van der Waals surface area contributed by atoms with Gasteiger partial charge in [0.15, 0.2) is 0 Å². The number of carbonyl (C=O) groups is 3. The Labute approximate surface area is 147 Å². The van der Waals surface area contributed by atoms with Crippen LogP contribution in [0.5, 0.6) is 5.75 Å². The predicted octanol–water partition coefficient (Wildman–Crippen LogP) is 2.38. The molecular weight excluding hydrogens is 322 g/mol. The van der Waals surface area contributed by atoms with Crippen LogP contribution < -0.4 is 15.4 Å². The van der Waals surface area contributed by atoms with Crippen LogP contribution >= 0.6 is 0 Å². The van der Waals surface area contributed by atoms with Crippen molar-refractivity contribution >= 4 is 29.1 Å². The van der Waals surface area contributed by atoms with E-state index in [1.165, 1.54) is 7.11 Å². The van der Waals surface area contributed by atoms with E-state index in [4.69, 9.17) is 4.74 Å². The van der Waals surface area contributed by atoms with E-state index in [0.717, 1.165) is 6.42 Å². The lowest BCUT2D eigenvalue weighted by atomic mass is 10.1. The zero-order valence-corrected chi connectivity index (χ0v) is 14.9. The molecule has 2 rings (SSSR count). The number of nitrogens with one attached hydrogen (secondary N) is 2. The number of likely N-dealkylation sites (tertiary alicyclic amines) is 1. The molecule has 1 aromatic rings. The van der Waals surface area contributed by atoms with Crippen LogP contribution in [0.2, 0.25) is 0 Å². The summed E-state index contributed by atoms with van der Waals surface area (Å²) in [4.78, 5) is 38.0. The van der Waals surface area contributed by atoms with Gasteiger partial charge in [-0.3, -0.25) is 14.4 Å². The largest absolute Gasteiger partial charge is 0.497 e. The highest BCUT2D eigenvalue weighted by Crippen LogP contribution is 2.29. The van der Waals surface area contributed by atoms with Crippen LogP contribution in [0.4, 0.5) is 11.4 Å². The van der Waals surface area contributed by atoms with E-state index >= 15 is 0 Å². The van der Waals surface area contributed by atoms with Crippen LogP contribution in [-0.2, 0) is 14.4 Å². The van der Waals surface area contributed by atoms with E-state index in [1.807, 2.05) is 0 Å². The van der Waals surface area contributed by atoms with Gasteiger partial charge in [-0.15, -0.1) is 0 Å². The second kappa shape index (κ2) is 8.50. The van der Waals surface area contributed by atoms with E-state index in [1.54, 1.807) is 36.9 Å². The Kier molecular flexibility index (Phi) is 6.38. The van der Waals surface area contributed by atoms with Crippen molar-refractivity contribution in [3.8, 4) is 5.75 Å². The van der Waals surface area contributed by atoms with Crippen LogP contribution in [0, 0.1) is 0 Å². The number of methoxy groups -OCH3 is 1. The van der Waals surface area contributed by atoms with Crippen molar-refractivity contribution in [3.05, 3.63) is 18.2 Å². The molecule has 7 nitrogen and oxygen atoms in total. The van der Waals surface area contributed by atoms with Gasteiger partial charge in [-0.05, 0) is 25.0 Å². The maximum Gasteiger partial charge on any atom is 0.247 e. The maximum absolute atomic E-state index is 12.7. The first kappa shape index (κ1) is 18.8. The summed E-state index contributed by atoms with van der Waals surface area (Å²) in [5, 5.41) is 5.60. The fourth-order valence-corrected chi connectivity index (χ4v) is 2.86. The summed E-state index contributed by atoms with van der Waals surface area (Å²) in [5.41, 5.74) is 0.967. The van der Waals surface area contributed by atoms with E-state index in [-0.39, 0.29) is 17.7 Å². The lowest BCUT2D eigenvalue weighted by molar-refractivity contribution is -0.136. The smallest absolute Gasteiger partial charge is 0.247 e. The number of amides is 3. The Balaban J connectivity index is 2.20. The molecule has 2 N–H and O–H groups in total. The molecule has 0 bridgehead atoms. The van der Waals surface area contributed by atoms with Gasteiger partial charge in [-0.2, -0.15) is 0 Å². The fraction of sp³-hybridized carbons (Fsp3) is 0.500. The average molecular weight is 347 g/mol. The monoisotopic (exact) mass is 347 g/mol. The number of carbonyl (C=O) groups excluding carboxylic acids is 3. The molecule has 0 radical (unpaired) electrons. The molecule has 0 saturated carbocycles. The molecule has 0 spiro atoms. The van der Waals surface area contributed by atoms with Crippen molar-refractivity contribution in [1.82, 2.24) is 4.90 Å². The molecule has 1 aliphatic rings. The van der Waals surface area contributed by atoms with Gasteiger partial charge in [-0.1, -0.05) is 13.8 Å². The summed E-state index contributed by atoms with van der Waals surface area (Å²) in [6.45, 7) is 4.14. The van der Waals surface area contributed by atoms with Crippen molar-refractivity contribution in [3.63, 3.8) is 0 Å². The van der Waals surface area contributed by atoms with Gasteiger partial charge in [-0.25, -0.2) is 0 Å². The zero-order valence-electron chi connectivity index (χ0n) is 14.9. The molecule has 0 unspecified atom stereocenters. The fourth-order valence-electron chi connectivity index (χ4n) is 2.86. The van der Waals surface area contributed by atoms with Crippen LogP contribution in [-0.4, -0.2) is 42.3 Å². The first-order valence-electron chi connectivity index (χ1n) is 8.58. The standard InChI is InChI=1S/C18H25N3O4/c1-4-16(22)19-13-9-8-12(25-3)11-14(13)20-18(24)15-7-6-10-21(15)17(23)5-2/h8-9,11,15H,4-7,10H2,1-3H3,(H,19,22)(H,20,24)/t15-/m0/s1. The summed E-state index contributed by atoms with van der Waals surface area (Å²) in [6.07, 6.45) is 2.15.